The summed E-state index contributed by atoms with van der Waals surface area (Å²) in [6, 6.07) is 6.47. The number of aliphatic imine (C=N–C) groups is 1. The van der Waals surface area contributed by atoms with Crippen LogP contribution in [-0.4, -0.2) is 27.8 Å². The molecule has 0 unspecified atom stereocenters. The van der Waals surface area contributed by atoms with E-state index in [0.717, 1.165) is 18.9 Å². The first-order valence-electron chi connectivity index (χ1n) is 8.55. The summed E-state index contributed by atoms with van der Waals surface area (Å²) >= 11 is 0. The van der Waals surface area contributed by atoms with Crippen LogP contribution in [0.2, 0.25) is 0 Å². The maximum absolute atomic E-state index is 12.7. The van der Waals surface area contributed by atoms with E-state index >= 15 is 0 Å². The molecule has 9 heteroatoms. The van der Waals surface area contributed by atoms with Gasteiger partial charge in [0.25, 0.3) is 5.91 Å². The molecule has 1 fully saturated rings. The van der Waals surface area contributed by atoms with Crippen LogP contribution < -0.4 is 11.1 Å². The lowest BCUT2D eigenvalue weighted by Crippen LogP contribution is -2.21. The summed E-state index contributed by atoms with van der Waals surface area (Å²) < 4.78 is 38.0. The van der Waals surface area contributed by atoms with Crippen molar-refractivity contribution in [3.8, 4) is 0 Å². The summed E-state index contributed by atoms with van der Waals surface area (Å²) in [5.41, 5.74) is 6.16. The molecule has 3 rings (SSSR count). The maximum atomic E-state index is 12.7. The van der Waals surface area contributed by atoms with Crippen molar-refractivity contribution >= 4 is 23.0 Å². The molecular weight excluding hydrogens is 371 g/mol. The van der Waals surface area contributed by atoms with Crippen molar-refractivity contribution in [2.45, 2.75) is 25.9 Å². The highest BCUT2D eigenvalue weighted by molar-refractivity contribution is 6.05. The lowest BCUT2D eigenvalue weighted by atomic mass is 10.2. The molecule has 1 aliphatic rings. The number of benzene rings is 1. The van der Waals surface area contributed by atoms with Crippen LogP contribution >= 0.6 is 0 Å². The van der Waals surface area contributed by atoms with E-state index in [0.29, 0.717) is 28.3 Å². The second kappa shape index (κ2) is 7.79. The Bertz CT molecular complexity index is 931. The van der Waals surface area contributed by atoms with E-state index in [1.54, 1.807) is 31.2 Å². The fraction of sp³-hybridized carbons (Fsp3) is 0.263. The predicted octanol–water partition coefficient (Wildman–Crippen LogP) is 3.92. The Kier molecular flexibility index (Phi) is 5.43. The van der Waals surface area contributed by atoms with E-state index in [1.165, 1.54) is 12.5 Å². The van der Waals surface area contributed by atoms with E-state index in [1.807, 2.05) is 0 Å². The van der Waals surface area contributed by atoms with Crippen molar-refractivity contribution in [3.05, 3.63) is 59.8 Å². The van der Waals surface area contributed by atoms with Gasteiger partial charge in [0, 0.05) is 23.5 Å². The summed E-state index contributed by atoms with van der Waals surface area (Å²) in [6.07, 6.45) is 0.667. The minimum absolute atomic E-state index is 0.0127. The van der Waals surface area contributed by atoms with Gasteiger partial charge in [0.15, 0.2) is 0 Å². The number of amides is 1. The minimum atomic E-state index is -4.58. The van der Waals surface area contributed by atoms with Crippen molar-refractivity contribution in [2.75, 3.05) is 5.32 Å². The average molecular weight is 389 g/mol. The van der Waals surface area contributed by atoms with Crippen LogP contribution in [0.25, 0.3) is 0 Å². The second-order valence-electron chi connectivity index (χ2n) is 6.43. The van der Waals surface area contributed by atoms with Crippen LogP contribution in [0, 0.1) is 12.8 Å². The number of anilines is 1. The fourth-order valence-corrected chi connectivity index (χ4v) is 2.44. The van der Waals surface area contributed by atoms with Gasteiger partial charge in [-0.2, -0.15) is 13.2 Å². The molecule has 1 aromatic heterocycles. The van der Waals surface area contributed by atoms with Crippen molar-refractivity contribution in [1.29, 1.82) is 0 Å². The Labute approximate surface area is 159 Å². The first kappa shape index (κ1) is 19.5. The topological polar surface area (TPSA) is 93.3 Å². The lowest BCUT2D eigenvalue weighted by molar-refractivity contribution is -0.0925. The summed E-state index contributed by atoms with van der Waals surface area (Å²) in [6.45, 7) is 1.70. The number of nitrogens with two attached hydrogens (primary N) is 1. The molecule has 1 aliphatic carbocycles. The van der Waals surface area contributed by atoms with Gasteiger partial charge in [-0.15, -0.1) is 0 Å². The van der Waals surface area contributed by atoms with Crippen LogP contribution in [0.3, 0.4) is 0 Å². The van der Waals surface area contributed by atoms with Crippen molar-refractivity contribution in [1.82, 2.24) is 9.97 Å². The Morgan fingerprint density at radius 3 is 2.54 bits per heavy atom. The van der Waals surface area contributed by atoms with Crippen molar-refractivity contribution in [3.63, 3.8) is 0 Å². The molecule has 0 bridgehead atoms. The third kappa shape index (κ3) is 4.93. The van der Waals surface area contributed by atoms with E-state index in [9.17, 15) is 18.0 Å². The summed E-state index contributed by atoms with van der Waals surface area (Å²) in [4.78, 5) is 24.4. The Morgan fingerprint density at radius 2 is 1.96 bits per heavy atom. The highest BCUT2D eigenvalue weighted by Crippen LogP contribution is 2.34. The van der Waals surface area contributed by atoms with Gasteiger partial charge in [-0.1, -0.05) is 0 Å². The highest BCUT2D eigenvalue weighted by atomic mass is 19.4. The number of carbonyl (C=O) groups excluding carboxylic acids is 1. The van der Waals surface area contributed by atoms with E-state index in [2.05, 4.69) is 20.3 Å². The Morgan fingerprint density at radius 1 is 1.29 bits per heavy atom. The zero-order chi connectivity index (χ0) is 20.3. The summed E-state index contributed by atoms with van der Waals surface area (Å²) in [5.74, 6) is -0.366. The van der Waals surface area contributed by atoms with Gasteiger partial charge in [-0.05, 0) is 50.1 Å². The third-order valence-electron chi connectivity index (χ3n) is 4.17. The molecule has 0 aliphatic heterocycles. The summed E-state index contributed by atoms with van der Waals surface area (Å²) in [7, 11) is 0. The number of aryl methyl sites for hydroxylation is 1. The highest BCUT2D eigenvalue weighted by Gasteiger charge is 2.34. The number of hydrogen-bond acceptors (Lipinski definition) is 5. The van der Waals surface area contributed by atoms with E-state index < -0.39 is 11.9 Å². The Hall–Kier alpha value is -3.23. The van der Waals surface area contributed by atoms with Gasteiger partial charge in [-0.25, -0.2) is 9.97 Å². The number of alkyl halides is 3. The molecule has 1 amide bonds. The van der Waals surface area contributed by atoms with Gasteiger partial charge >= 0.3 is 6.18 Å². The molecule has 2 aromatic rings. The van der Waals surface area contributed by atoms with E-state index in [4.69, 9.17) is 5.73 Å². The first-order valence-corrected chi connectivity index (χ1v) is 8.55. The summed E-state index contributed by atoms with van der Waals surface area (Å²) in [5, 5.41) is 2.72. The molecule has 3 N–H and O–H groups in total. The molecule has 146 valence electrons. The SMILES string of the molecule is Cc1ncncc1C(=O)Nc1ccc(N=C(C=C(N)C(F)(F)F)C2CC2)cc1. The smallest absolute Gasteiger partial charge is 0.395 e. The predicted molar refractivity (Wildman–Crippen MR) is 99.3 cm³/mol. The largest absolute Gasteiger partial charge is 0.430 e. The number of allylic oxidation sites excluding steroid dienone is 2. The zero-order valence-corrected chi connectivity index (χ0v) is 15.0. The maximum Gasteiger partial charge on any atom is 0.430 e. The van der Waals surface area contributed by atoms with Crippen LogP contribution in [0.5, 0.6) is 0 Å². The van der Waals surface area contributed by atoms with Crippen LogP contribution in [0.1, 0.15) is 28.9 Å². The lowest BCUT2D eigenvalue weighted by Gasteiger charge is -2.08. The van der Waals surface area contributed by atoms with Gasteiger partial charge < -0.3 is 11.1 Å². The number of carbonyl (C=O) groups is 1. The van der Waals surface area contributed by atoms with Gasteiger partial charge in [0.1, 0.15) is 12.0 Å². The van der Waals surface area contributed by atoms with Crippen LogP contribution in [0.4, 0.5) is 24.5 Å². The first-order chi connectivity index (χ1) is 13.2. The molecule has 1 saturated carbocycles. The third-order valence-corrected chi connectivity index (χ3v) is 4.17. The number of halogens is 3. The van der Waals surface area contributed by atoms with Crippen LogP contribution in [0.15, 0.2) is 53.6 Å². The molecule has 6 nitrogen and oxygen atoms in total. The molecule has 1 aromatic carbocycles. The molecule has 1 heterocycles. The van der Waals surface area contributed by atoms with Crippen LogP contribution in [-0.2, 0) is 0 Å². The number of hydrogen-bond donors (Lipinski definition) is 2. The average Bonchev–Trinajstić information content (AvgIpc) is 3.47. The molecule has 28 heavy (non-hydrogen) atoms. The van der Waals surface area contributed by atoms with E-state index in [-0.39, 0.29) is 11.8 Å². The normalized spacial score (nSPS) is 15.4. The molecule has 0 radical (unpaired) electrons. The molecule has 0 spiro atoms. The zero-order valence-electron chi connectivity index (χ0n) is 15.0. The number of aromatic nitrogens is 2. The number of nitrogens with one attached hydrogen (secondary N) is 1. The number of nitrogens with zero attached hydrogens (tertiary/aromatic N) is 3. The second-order valence-corrected chi connectivity index (χ2v) is 6.43. The number of rotatable bonds is 5. The monoisotopic (exact) mass is 389 g/mol. The Balaban J connectivity index is 1.75. The van der Waals surface area contributed by atoms with Gasteiger partial charge in [-0.3, -0.25) is 9.79 Å². The standard InChI is InChI=1S/C19H18F3N5O/c1-11-15(9-24-10-25-11)18(28)27-14-6-4-13(5-7-14)26-16(12-2-3-12)8-17(23)19(20,21)22/h4-10,12H,2-3,23H2,1H3,(H,27,28). The molecule has 0 saturated heterocycles. The van der Waals surface area contributed by atoms with Gasteiger partial charge in [0.2, 0.25) is 0 Å². The molecule has 0 atom stereocenters. The van der Waals surface area contributed by atoms with Crippen molar-refractivity contribution < 1.29 is 18.0 Å². The van der Waals surface area contributed by atoms with Crippen molar-refractivity contribution in [2.24, 2.45) is 16.6 Å². The molecular formula is C19H18F3N5O. The van der Waals surface area contributed by atoms with Gasteiger partial charge in [0.05, 0.1) is 16.9 Å². The fourth-order valence-electron chi connectivity index (χ4n) is 2.44. The quantitative estimate of drug-likeness (QED) is 0.758. The minimum Gasteiger partial charge on any atom is -0.395 e.